The summed E-state index contributed by atoms with van der Waals surface area (Å²) in [6.07, 6.45) is 0. The number of rotatable bonds is 7. The van der Waals surface area contributed by atoms with E-state index < -0.39 is 0 Å². The molecule has 0 saturated heterocycles. The van der Waals surface area contributed by atoms with Crippen molar-refractivity contribution in [3.05, 3.63) is 28.3 Å². The van der Waals surface area contributed by atoms with Crippen LogP contribution >= 0.6 is 0 Å². The summed E-state index contributed by atoms with van der Waals surface area (Å²) in [5.74, 6) is 2.11. The number of methoxy groups -OCH3 is 1. The highest BCUT2D eigenvalue weighted by Gasteiger charge is 2.20. The van der Waals surface area contributed by atoms with Gasteiger partial charge in [0, 0.05) is 18.7 Å². The van der Waals surface area contributed by atoms with Crippen molar-refractivity contribution in [2.24, 2.45) is 17.8 Å². The first kappa shape index (κ1) is 16.3. The summed E-state index contributed by atoms with van der Waals surface area (Å²) in [7, 11) is 1.55. The van der Waals surface area contributed by atoms with Gasteiger partial charge in [0.05, 0.1) is 12.0 Å². The molecule has 0 fully saturated rings. The second kappa shape index (κ2) is 7.12. The average Bonchev–Trinajstić information content (AvgIpc) is 2.37. The quantitative estimate of drug-likeness (QED) is 0.607. The maximum atomic E-state index is 11.1. The molecule has 0 bridgehead atoms. The highest BCUT2D eigenvalue weighted by molar-refractivity contribution is 5.64. The normalized spacial score (nSPS) is 11.2. The van der Waals surface area contributed by atoms with Crippen LogP contribution < -0.4 is 10.1 Å². The fourth-order valence-electron chi connectivity index (χ4n) is 2.41. The molecule has 0 amide bonds. The number of nitro groups is 1. The van der Waals surface area contributed by atoms with E-state index in [1.165, 1.54) is 6.07 Å². The predicted octanol–water partition coefficient (Wildman–Crippen LogP) is 3.94. The summed E-state index contributed by atoms with van der Waals surface area (Å²) in [5, 5.41) is 14.3. The molecule has 1 aromatic carbocycles. The van der Waals surface area contributed by atoms with Crippen molar-refractivity contribution in [1.29, 1.82) is 0 Å². The fraction of sp³-hybridized carbons (Fsp3) is 0.600. The number of ether oxygens (including phenoxy) is 1. The van der Waals surface area contributed by atoms with E-state index in [0.717, 1.165) is 0 Å². The molecule has 0 aliphatic heterocycles. The zero-order valence-corrected chi connectivity index (χ0v) is 12.8. The Morgan fingerprint density at radius 2 is 1.85 bits per heavy atom. The lowest BCUT2D eigenvalue weighted by atomic mass is 9.85. The van der Waals surface area contributed by atoms with Gasteiger partial charge in [-0.15, -0.1) is 0 Å². The lowest BCUT2D eigenvalue weighted by Gasteiger charge is -2.25. The van der Waals surface area contributed by atoms with Gasteiger partial charge in [0.15, 0.2) is 0 Å². The molecule has 0 aromatic heterocycles. The molecule has 1 aromatic rings. The topological polar surface area (TPSA) is 64.4 Å². The molecular weight excluding hydrogens is 256 g/mol. The summed E-state index contributed by atoms with van der Waals surface area (Å²) in [4.78, 5) is 10.7. The van der Waals surface area contributed by atoms with E-state index in [1.807, 2.05) is 0 Å². The van der Waals surface area contributed by atoms with Gasteiger partial charge in [0.25, 0.3) is 5.69 Å². The van der Waals surface area contributed by atoms with Crippen LogP contribution in [0.4, 0.5) is 11.4 Å². The highest BCUT2D eigenvalue weighted by Crippen LogP contribution is 2.30. The minimum atomic E-state index is -0.373. The first-order chi connectivity index (χ1) is 9.36. The number of anilines is 1. The summed E-state index contributed by atoms with van der Waals surface area (Å²) in [5.41, 5.74) is 0.595. The molecule has 0 unspecified atom stereocenters. The Balaban J connectivity index is 2.92. The van der Waals surface area contributed by atoms with E-state index in [4.69, 9.17) is 4.74 Å². The van der Waals surface area contributed by atoms with Crippen molar-refractivity contribution in [3.8, 4) is 5.75 Å². The molecule has 112 valence electrons. The van der Waals surface area contributed by atoms with Crippen LogP contribution in [0.1, 0.15) is 27.7 Å². The SMILES string of the molecule is COc1ccc([N+](=O)[O-])c(NCC(C(C)C)C(C)C)c1. The fourth-order valence-corrected chi connectivity index (χ4v) is 2.41. The second-order valence-electron chi connectivity index (χ2n) is 5.67. The van der Waals surface area contributed by atoms with Gasteiger partial charge in [-0.05, 0) is 23.8 Å². The number of nitrogens with one attached hydrogen (secondary N) is 1. The maximum Gasteiger partial charge on any atom is 0.292 e. The molecule has 1 rings (SSSR count). The van der Waals surface area contributed by atoms with Crippen LogP contribution in [0.5, 0.6) is 5.75 Å². The predicted molar refractivity (Wildman–Crippen MR) is 81.3 cm³/mol. The lowest BCUT2D eigenvalue weighted by molar-refractivity contribution is -0.384. The van der Waals surface area contributed by atoms with Crippen molar-refractivity contribution in [2.45, 2.75) is 27.7 Å². The minimum Gasteiger partial charge on any atom is -0.497 e. The third-order valence-electron chi connectivity index (χ3n) is 3.64. The highest BCUT2D eigenvalue weighted by atomic mass is 16.6. The van der Waals surface area contributed by atoms with Crippen LogP contribution in [0.15, 0.2) is 18.2 Å². The molecule has 5 heteroatoms. The van der Waals surface area contributed by atoms with Gasteiger partial charge in [-0.1, -0.05) is 27.7 Å². The van der Waals surface area contributed by atoms with Crippen molar-refractivity contribution in [1.82, 2.24) is 0 Å². The van der Waals surface area contributed by atoms with Gasteiger partial charge in [-0.25, -0.2) is 0 Å². The monoisotopic (exact) mass is 280 g/mol. The van der Waals surface area contributed by atoms with Gasteiger partial charge in [-0.2, -0.15) is 0 Å². The molecule has 0 aliphatic carbocycles. The van der Waals surface area contributed by atoms with E-state index in [1.54, 1.807) is 19.2 Å². The smallest absolute Gasteiger partial charge is 0.292 e. The zero-order valence-electron chi connectivity index (χ0n) is 12.8. The summed E-state index contributed by atoms with van der Waals surface area (Å²) in [6.45, 7) is 9.40. The summed E-state index contributed by atoms with van der Waals surface area (Å²) < 4.78 is 5.13. The third kappa shape index (κ3) is 4.11. The van der Waals surface area contributed by atoms with E-state index in [2.05, 4.69) is 33.0 Å². The van der Waals surface area contributed by atoms with Gasteiger partial charge < -0.3 is 10.1 Å². The van der Waals surface area contributed by atoms with Crippen molar-refractivity contribution in [3.63, 3.8) is 0 Å². The molecule has 0 spiro atoms. The third-order valence-corrected chi connectivity index (χ3v) is 3.64. The second-order valence-corrected chi connectivity index (χ2v) is 5.67. The Bertz CT molecular complexity index is 450. The maximum absolute atomic E-state index is 11.1. The lowest BCUT2D eigenvalue weighted by Crippen LogP contribution is -2.24. The number of hydrogen-bond donors (Lipinski definition) is 1. The number of benzene rings is 1. The van der Waals surface area contributed by atoms with Crippen LogP contribution in [-0.2, 0) is 0 Å². The Kier molecular flexibility index (Phi) is 5.80. The standard InChI is InChI=1S/C15H24N2O3/c1-10(2)13(11(3)4)9-16-14-8-12(20-5)6-7-15(14)17(18)19/h6-8,10-11,13,16H,9H2,1-5H3. The van der Waals surface area contributed by atoms with Crippen LogP contribution in [0.25, 0.3) is 0 Å². The Morgan fingerprint density at radius 3 is 2.30 bits per heavy atom. The molecule has 20 heavy (non-hydrogen) atoms. The number of nitro benzene ring substituents is 1. The van der Waals surface area contributed by atoms with Crippen LogP contribution in [-0.4, -0.2) is 18.6 Å². The summed E-state index contributed by atoms with van der Waals surface area (Å²) >= 11 is 0. The Labute approximate surface area is 120 Å². The van der Waals surface area contributed by atoms with Gasteiger partial charge in [-0.3, -0.25) is 10.1 Å². The molecule has 1 N–H and O–H groups in total. The molecule has 5 nitrogen and oxygen atoms in total. The Hall–Kier alpha value is -1.78. The van der Waals surface area contributed by atoms with Crippen molar-refractivity contribution >= 4 is 11.4 Å². The summed E-state index contributed by atoms with van der Waals surface area (Å²) in [6, 6.07) is 4.75. The average molecular weight is 280 g/mol. The largest absolute Gasteiger partial charge is 0.497 e. The molecule has 0 radical (unpaired) electrons. The molecule has 0 atom stereocenters. The van der Waals surface area contributed by atoms with Crippen LogP contribution in [0.3, 0.4) is 0 Å². The Morgan fingerprint density at radius 1 is 1.25 bits per heavy atom. The van der Waals surface area contributed by atoms with E-state index in [0.29, 0.717) is 35.7 Å². The van der Waals surface area contributed by atoms with Crippen LogP contribution in [0, 0.1) is 27.9 Å². The molecular formula is C15H24N2O3. The zero-order chi connectivity index (χ0) is 15.3. The molecule has 0 saturated carbocycles. The van der Waals surface area contributed by atoms with Crippen molar-refractivity contribution in [2.75, 3.05) is 19.0 Å². The first-order valence-corrected chi connectivity index (χ1v) is 6.93. The molecule has 0 aliphatic rings. The van der Waals surface area contributed by atoms with E-state index in [9.17, 15) is 10.1 Å². The van der Waals surface area contributed by atoms with Gasteiger partial charge in [0.1, 0.15) is 11.4 Å². The molecule has 0 heterocycles. The van der Waals surface area contributed by atoms with E-state index in [-0.39, 0.29) is 10.6 Å². The first-order valence-electron chi connectivity index (χ1n) is 6.93. The van der Waals surface area contributed by atoms with Gasteiger partial charge >= 0.3 is 0 Å². The van der Waals surface area contributed by atoms with Crippen LogP contribution in [0.2, 0.25) is 0 Å². The minimum absolute atomic E-state index is 0.0806. The number of hydrogen-bond acceptors (Lipinski definition) is 4. The number of nitrogens with zero attached hydrogens (tertiary/aromatic N) is 1. The van der Waals surface area contributed by atoms with E-state index >= 15 is 0 Å². The van der Waals surface area contributed by atoms with Gasteiger partial charge in [0.2, 0.25) is 0 Å². The van der Waals surface area contributed by atoms with Crippen molar-refractivity contribution < 1.29 is 9.66 Å².